The van der Waals surface area contributed by atoms with Gasteiger partial charge < -0.3 is 21.0 Å². The minimum atomic E-state index is -0.835. The Morgan fingerprint density at radius 1 is 1.38 bits per heavy atom. The van der Waals surface area contributed by atoms with E-state index < -0.39 is 5.97 Å². The average Bonchev–Trinajstić information content (AvgIpc) is 1.82. The molecule has 0 heterocycles. The lowest BCUT2D eigenvalue weighted by Gasteiger charge is -1.90. The molecule has 0 saturated carbocycles. The monoisotopic (exact) mass is 199 g/mol. The number of hydrazine groups is 1. The van der Waals surface area contributed by atoms with Crippen LogP contribution in [0.3, 0.4) is 0 Å². The van der Waals surface area contributed by atoms with E-state index >= 15 is 0 Å². The Morgan fingerprint density at radius 3 is 1.77 bits per heavy atom. The molecule has 0 aliphatic rings. The molecular weight excluding hydrogens is 178 g/mol. The second kappa shape index (κ2) is 17.4. The third-order valence-electron chi connectivity index (χ3n) is 0.483. The van der Waals surface area contributed by atoms with E-state index in [9.17, 15) is 4.79 Å². The lowest BCUT2D eigenvalue weighted by molar-refractivity contribution is -0.136. The minimum absolute atomic E-state index is 0. The van der Waals surface area contributed by atoms with Crippen LogP contribution in [0.15, 0.2) is 0 Å². The van der Waals surface area contributed by atoms with Gasteiger partial charge in [-0.05, 0) is 21.1 Å². The van der Waals surface area contributed by atoms with Crippen LogP contribution in [0.2, 0.25) is 0 Å². The van der Waals surface area contributed by atoms with Gasteiger partial charge in [0.15, 0.2) is 0 Å². The van der Waals surface area contributed by atoms with Crippen molar-refractivity contribution < 1.29 is 20.9 Å². The van der Waals surface area contributed by atoms with Crippen LogP contribution in [-0.4, -0.2) is 54.6 Å². The summed E-state index contributed by atoms with van der Waals surface area (Å²) in [6, 6.07) is 0. The Bertz CT molecular complexity index is 97.1. The molecule has 0 aliphatic carbocycles. The van der Waals surface area contributed by atoms with Gasteiger partial charge >= 0.3 is 5.97 Å². The van der Waals surface area contributed by atoms with Gasteiger partial charge in [0.05, 0.1) is 6.42 Å². The predicted molar refractivity (Wildman–Crippen MR) is 51.3 cm³/mol. The first-order chi connectivity index (χ1) is 5.00. The van der Waals surface area contributed by atoms with Gasteiger partial charge in [-0.15, -0.1) is 0 Å². The number of aliphatic carboxylic acids is 1. The zero-order valence-electron chi connectivity index (χ0n) is 8.29. The summed E-state index contributed by atoms with van der Waals surface area (Å²) in [7, 11) is 6.00. The smallest absolute Gasteiger partial charge is 0.304 e. The normalized spacial score (nSPS) is 7.46. The van der Waals surface area contributed by atoms with Crippen molar-refractivity contribution >= 4 is 5.97 Å². The van der Waals surface area contributed by atoms with Gasteiger partial charge in [0, 0.05) is 6.54 Å². The quantitative estimate of drug-likeness (QED) is 0.339. The molecule has 0 rings (SSSR count). The Hall–Kier alpha value is -0.730. The molecule has 0 aromatic rings. The van der Waals surface area contributed by atoms with E-state index in [4.69, 9.17) is 10.9 Å². The second-order valence-electron chi connectivity index (χ2n) is 2.44. The summed E-state index contributed by atoms with van der Waals surface area (Å²) in [5.41, 5.74) is 2.22. The molecule has 0 aromatic heterocycles. The van der Waals surface area contributed by atoms with Gasteiger partial charge in [0.2, 0.25) is 0 Å². The Labute approximate surface area is 78.1 Å². The van der Waals surface area contributed by atoms with Crippen LogP contribution < -0.4 is 11.3 Å². The molecule has 0 spiro atoms. The van der Waals surface area contributed by atoms with Gasteiger partial charge in [0.1, 0.15) is 0 Å². The van der Waals surface area contributed by atoms with E-state index in [1.54, 1.807) is 0 Å². The molecule has 0 saturated heterocycles. The number of hydrogen-bond acceptors (Lipinski definition) is 4. The molecule has 8 N–H and O–H groups in total. The SMILES string of the molecule is CN(C)C.NNCCC(=O)O.O.O. The molecule has 0 aromatic carbocycles. The molecule has 7 nitrogen and oxygen atoms in total. The van der Waals surface area contributed by atoms with Crippen LogP contribution in [0.1, 0.15) is 6.42 Å². The van der Waals surface area contributed by atoms with E-state index in [1.807, 2.05) is 26.0 Å². The van der Waals surface area contributed by atoms with Gasteiger partial charge in [-0.2, -0.15) is 0 Å². The van der Waals surface area contributed by atoms with Gasteiger partial charge in [-0.25, -0.2) is 0 Å². The third-order valence-corrected chi connectivity index (χ3v) is 0.483. The van der Waals surface area contributed by atoms with Crippen LogP contribution in [0.25, 0.3) is 0 Å². The molecule has 84 valence electrons. The van der Waals surface area contributed by atoms with E-state index in [-0.39, 0.29) is 17.4 Å². The highest BCUT2D eigenvalue weighted by atomic mass is 16.4. The first-order valence-electron chi connectivity index (χ1n) is 3.27. The van der Waals surface area contributed by atoms with Crippen LogP contribution >= 0.6 is 0 Å². The fraction of sp³-hybridized carbons (Fsp3) is 0.833. The number of hydrogen-bond donors (Lipinski definition) is 3. The number of carboxylic acids is 1. The zero-order valence-corrected chi connectivity index (χ0v) is 8.29. The van der Waals surface area contributed by atoms with Gasteiger partial charge in [-0.1, -0.05) is 0 Å². The summed E-state index contributed by atoms with van der Waals surface area (Å²) in [6.07, 6.45) is 0.0799. The highest BCUT2D eigenvalue weighted by Gasteiger charge is 1.90. The summed E-state index contributed by atoms with van der Waals surface area (Å²) < 4.78 is 0. The minimum Gasteiger partial charge on any atom is -0.481 e. The average molecular weight is 199 g/mol. The number of carbonyl (C=O) groups is 1. The summed E-state index contributed by atoms with van der Waals surface area (Å²) in [5.74, 6) is 3.93. The van der Waals surface area contributed by atoms with Crippen molar-refractivity contribution in [2.24, 2.45) is 5.84 Å². The van der Waals surface area contributed by atoms with Crippen LogP contribution in [-0.2, 0) is 4.79 Å². The van der Waals surface area contributed by atoms with Crippen molar-refractivity contribution in [3.63, 3.8) is 0 Å². The van der Waals surface area contributed by atoms with Gasteiger partial charge in [-0.3, -0.25) is 16.1 Å². The Balaban J connectivity index is -0.0000000600. The summed E-state index contributed by atoms with van der Waals surface area (Å²) >= 11 is 0. The van der Waals surface area contributed by atoms with Crippen molar-refractivity contribution in [2.75, 3.05) is 27.7 Å². The van der Waals surface area contributed by atoms with Crippen LogP contribution in [0.5, 0.6) is 0 Å². The van der Waals surface area contributed by atoms with Crippen molar-refractivity contribution in [1.29, 1.82) is 0 Å². The molecule has 0 radical (unpaired) electrons. The second-order valence-corrected chi connectivity index (χ2v) is 2.44. The summed E-state index contributed by atoms with van der Waals surface area (Å²) in [4.78, 5) is 11.7. The number of nitrogens with zero attached hydrogens (tertiary/aromatic N) is 1. The molecule has 0 aliphatic heterocycles. The third kappa shape index (κ3) is 90.6. The first-order valence-corrected chi connectivity index (χ1v) is 3.27. The molecule has 0 atom stereocenters. The fourth-order valence-electron chi connectivity index (χ4n) is 0.179. The van der Waals surface area contributed by atoms with Gasteiger partial charge in [0.25, 0.3) is 0 Å². The molecule has 0 amide bonds. The Kier molecular flexibility index (Phi) is 30.5. The van der Waals surface area contributed by atoms with E-state index in [1.165, 1.54) is 0 Å². The Morgan fingerprint density at radius 2 is 1.69 bits per heavy atom. The van der Waals surface area contributed by atoms with Crippen LogP contribution in [0, 0.1) is 0 Å². The van der Waals surface area contributed by atoms with Crippen LogP contribution in [0.4, 0.5) is 0 Å². The van der Waals surface area contributed by atoms with E-state index in [0.29, 0.717) is 6.54 Å². The molecule has 0 fully saturated rings. The van der Waals surface area contributed by atoms with E-state index in [2.05, 4.69) is 5.43 Å². The van der Waals surface area contributed by atoms with Crippen molar-refractivity contribution in [2.45, 2.75) is 6.42 Å². The van der Waals surface area contributed by atoms with Crippen molar-refractivity contribution in [3.05, 3.63) is 0 Å². The molecule has 7 heteroatoms. The highest BCUT2D eigenvalue weighted by molar-refractivity contribution is 5.66. The van der Waals surface area contributed by atoms with Crippen molar-refractivity contribution in [1.82, 2.24) is 10.3 Å². The maximum atomic E-state index is 9.66. The molecule has 0 bridgehead atoms. The number of nitrogens with two attached hydrogens (primary N) is 1. The van der Waals surface area contributed by atoms with E-state index in [0.717, 1.165) is 0 Å². The highest BCUT2D eigenvalue weighted by Crippen LogP contribution is 1.70. The molecule has 0 unspecified atom stereocenters. The maximum Gasteiger partial charge on any atom is 0.304 e. The molecule has 13 heavy (non-hydrogen) atoms. The topological polar surface area (TPSA) is 142 Å². The fourth-order valence-corrected chi connectivity index (χ4v) is 0.179. The number of carboxylic acid groups (broad SMARTS) is 1. The van der Waals surface area contributed by atoms with Crippen molar-refractivity contribution in [3.8, 4) is 0 Å². The lowest BCUT2D eigenvalue weighted by atomic mass is 10.4. The zero-order chi connectivity index (χ0) is 9.28. The predicted octanol–water partition coefficient (Wildman–Crippen LogP) is -2.55. The largest absolute Gasteiger partial charge is 0.481 e. The molecular formula is C6H21N3O4. The first kappa shape index (κ1) is 22.8. The standard InChI is InChI=1S/C3H8N2O2.C3H9N.2H2O/c4-5-2-1-3(6)7;1-4(2)3;;/h5H,1-2,4H2,(H,6,7);1-3H3;2*1H2. The number of nitrogens with one attached hydrogen (secondary N) is 1. The maximum absolute atomic E-state index is 9.66. The number of rotatable bonds is 3. The lowest BCUT2D eigenvalue weighted by Crippen LogP contribution is -2.24. The summed E-state index contributed by atoms with van der Waals surface area (Å²) in [5, 5.41) is 7.95. The summed E-state index contributed by atoms with van der Waals surface area (Å²) in [6.45, 7) is 0.329.